The number of aryl methyl sites for hydroxylation is 1. The summed E-state index contributed by atoms with van der Waals surface area (Å²) < 4.78 is 0. The Balaban J connectivity index is 1.43. The first kappa shape index (κ1) is 24.2. The summed E-state index contributed by atoms with van der Waals surface area (Å²) in [6.07, 6.45) is 4.93. The van der Waals surface area contributed by atoms with Crippen molar-refractivity contribution < 1.29 is 19.5 Å². The first-order valence-corrected chi connectivity index (χ1v) is 11.8. The predicted octanol–water partition coefficient (Wildman–Crippen LogP) is 1.16. The number of nitrogens with zero attached hydrogens (tertiary/aromatic N) is 1. The van der Waals surface area contributed by atoms with Crippen molar-refractivity contribution in [3.8, 4) is 0 Å². The Morgan fingerprint density at radius 3 is 2.59 bits per heavy atom. The smallest absolute Gasteiger partial charge is 0.305 e. The maximum atomic E-state index is 12.7. The van der Waals surface area contributed by atoms with Gasteiger partial charge in [-0.3, -0.25) is 19.3 Å². The maximum Gasteiger partial charge on any atom is 0.305 e. The zero-order valence-electron chi connectivity index (χ0n) is 18.7. The van der Waals surface area contributed by atoms with Gasteiger partial charge in [-0.05, 0) is 37.7 Å². The largest absolute Gasteiger partial charge is 0.481 e. The number of carbonyl (C=O) groups is 3. The summed E-state index contributed by atoms with van der Waals surface area (Å²) in [5, 5.41) is 18.1. The van der Waals surface area contributed by atoms with E-state index < -0.39 is 12.0 Å². The molecule has 2 unspecified atom stereocenters. The van der Waals surface area contributed by atoms with Crippen LogP contribution in [0, 0.1) is 5.92 Å². The van der Waals surface area contributed by atoms with Crippen LogP contribution in [0.15, 0.2) is 30.3 Å². The van der Waals surface area contributed by atoms with Gasteiger partial charge in [0.05, 0.1) is 13.0 Å². The van der Waals surface area contributed by atoms with Crippen molar-refractivity contribution in [1.29, 1.82) is 0 Å². The summed E-state index contributed by atoms with van der Waals surface area (Å²) in [4.78, 5) is 38.8. The molecule has 1 aromatic rings. The number of nitrogens with one attached hydrogen (secondary N) is 3. The van der Waals surface area contributed by atoms with Gasteiger partial charge < -0.3 is 21.1 Å². The molecule has 32 heavy (non-hydrogen) atoms. The summed E-state index contributed by atoms with van der Waals surface area (Å²) in [6, 6.07) is 9.75. The van der Waals surface area contributed by atoms with E-state index in [1.54, 1.807) is 0 Å². The molecule has 0 spiro atoms. The van der Waals surface area contributed by atoms with E-state index in [2.05, 4.69) is 20.9 Å². The summed E-state index contributed by atoms with van der Waals surface area (Å²) in [5.74, 6) is -1.43. The molecule has 1 aliphatic heterocycles. The van der Waals surface area contributed by atoms with Gasteiger partial charge in [-0.15, -0.1) is 0 Å². The average molecular weight is 445 g/mol. The standard InChI is InChI=1S/C24H36N4O4/c29-22(27-20(16-23(30)31)10-9-18-5-2-1-3-6-18)17-26-24(32)19-7-4-8-21(15-19)28-13-11-25-12-14-28/h1-3,5-6,19-21,25H,4,7-17H2,(H,26,32)(H,27,29)(H,30,31)/t19?,20-,21?/m1/s1. The van der Waals surface area contributed by atoms with E-state index in [1.807, 2.05) is 30.3 Å². The zero-order chi connectivity index (χ0) is 22.8. The highest BCUT2D eigenvalue weighted by molar-refractivity contribution is 5.86. The third-order valence-electron chi connectivity index (χ3n) is 6.52. The molecule has 1 heterocycles. The van der Waals surface area contributed by atoms with Crippen molar-refractivity contribution in [2.24, 2.45) is 5.92 Å². The lowest BCUT2D eigenvalue weighted by Crippen LogP contribution is -2.51. The number of carboxylic acids is 1. The first-order chi connectivity index (χ1) is 15.5. The Morgan fingerprint density at radius 2 is 1.88 bits per heavy atom. The Morgan fingerprint density at radius 1 is 1.12 bits per heavy atom. The Hall–Kier alpha value is -2.45. The first-order valence-electron chi connectivity index (χ1n) is 11.8. The molecule has 1 aromatic carbocycles. The maximum absolute atomic E-state index is 12.7. The molecule has 2 aliphatic rings. The molecule has 8 heteroatoms. The SMILES string of the molecule is O=C(O)C[C@@H](CCc1ccccc1)NC(=O)CNC(=O)C1CCCC(N2CCNCC2)C1. The summed E-state index contributed by atoms with van der Waals surface area (Å²) in [6.45, 7) is 3.92. The number of carboxylic acid groups (broad SMARTS) is 1. The summed E-state index contributed by atoms with van der Waals surface area (Å²) in [5.41, 5.74) is 1.10. The van der Waals surface area contributed by atoms with Crippen molar-refractivity contribution in [1.82, 2.24) is 20.9 Å². The molecule has 176 valence electrons. The van der Waals surface area contributed by atoms with Crippen LogP contribution in [0.25, 0.3) is 0 Å². The van der Waals surface area contributed by atoms with Crippen LogP contribution >= 0.6 is 0 Å². The normalized spacial score (nSPS) is 22.6. The second-order valence-corrected chi connectivity index (χ2v) is 8.91. The van der Waals surface area contributed by atoms with Crippen LogP contribution in [-0.4, -0.2) is 72.6 Å². The van der Waals surface area contributed by atoms with E-state index in [1.165, 1.54) is 0 Å². The van der Waals surface area contributed by atoms with Gasteiger partial charge in [0.15, 0.2) is 0 Å². The second kappa shape index (κ2) is 12.6. The van der Waals surface area contributed by atoms with E-state index >= 15 is 0 Å². The molecule has 2 amide bonds. The zero-order valence-corrected chi connectivity index (χ0v) is 18.7. The van der Waals surface area contributed by atoms with Crippen molar-refractivity contribution >= 4 is 17.8 Å². The van der Waals surface area contributed by atoms with Gasteiger partial charge >= 0.3 is 5.97 Å². The van der Waals surface area contributed by atoms with Gasteiger partial charge in [-0.2, -0.15) is 0 Å². The number of amides is 2. The van der Waals surface area contributed by atoms with Crippen LogP contribution in [0.2, 0.25) is 0 Å². The van der Waals surface area contributed by atoms with E-state index in [4.69, 9.17) is 0 Å². The molecule has 3 atom stereocenters. The van der Waals surface area contributed by atoms with Gasteiger partial charge in [0.2, 0.25) is 11.8 Å². The van der Waals surface area contributed by atoms with E-state index in [9.17, 15) is 19.5 Å². The number of aliphatic carboxylic acids is 1. The molecule has 0 radical (unpaired) electrons. The molecule has 3 rings (SSSR count). The topological polar surface area (TPSA) is 111 Å². The fourth-order valence-electron chi connectivity index (χ4n) is 4.79. The van der Waals surface area contributed by atoms with Crippen LogP contribution < -0.4 is 16.0 Å². The molecule has 0 aromatic heterocycles. The van der Waals surface area contributed by atoms with Crippen LogP contribution in [-0.2, 0) is 20.8 Å². The average Bonchev–Trinajstić information content (AvgIpc) is 2.82. The monoisotopic (exact) mass is 444 g/mol. The third-order valence-corrected chi connectivity index (χ3v) is 6.52. The third kappa shape index (κ3) is 7.91. The highest BCUT2D eigenvalue weighted by Gasteiger charge is 2.31. The minimum absolute atomic E-state index is 0.0654. The predicted molar refractivity (Wildman–Crippen MR) is 122 cm³/mol. The van der Waals surface area contributed by atoms with E-state index in [0.29, 0.717) is 18.9 Å². The van der Waals surface area contributed by atoms with Crippen LogP contribution in [0.1, 0.15) is 44.1 Å². The number of carbonyl (C=O) groups excluding carboxylic acids is 2. The van der Waals surface area contributed by atoms with Gasteiger partial charge in [-0.25, -0.2) is 0 Å². The van der Waals surface area contributed by atoms with Crippen LogP contribution in [0.4, 0.5) is 0 Å². The van der Waals surface area contributed by atoms with Gasteiger partial charge in [0.25, 0.3) is 0 Å². The van der Waals surface area contributed by atoms with E-state index in [-0.39, 0.29) is 30.7 Å². The van der Waals surface area contributed by atoms with Crippen molar-refractivity contribution in [3.05, 3.63) is 35.9 Å². The number of rotatable bonds is 10. The quantitative estimate of drug-likeness (QED) is 0.431. The Kier molecular flexibility index (Phi) is 9.49. The molecule has 1 aliphatic carbocycles. The molecule has 2 fully saturated rings. The minimum atomic E-state index is -0.950. The summed E-state index contributed by atoms with van der Waals surface area (Å²) in [7, 11) is 0. The lowest BCUT2D eigenvalue weighted by atomic mass is 9.84. The number of hydrogen-bond donors (Lipinski definition) is 4. The second-order valence-electron chi connectivity index (χ2n) is 8.91. The molecular weight excluding hydrogens is 408 g/mol. The highest BCUT2D eigenvalue weighted by atomic mass is 16.4. The molecule has 8 nitrogen and oxygen atoms in total. The number of piperazine rings is 1. The summed E-state index contributed by atoms with van der Waals surface area (Å²) >= 11 is 0. The van der Waals surface area contributed by atoms with Crippen LogP contribution in [0.5, 0.6) is 0 Å². The number of benzene rings is 1. The van der Waals surface area contributed by atoms with Crippen LogP contribution in [0.3, 0.4) is 0 Å². The Labute approximate surface area is 190 Å². The fraction of sp³-hybridized carbons (Fsp3) is 0.625. The van der Waals surface area contributed by atoms with Gasteiger partial charge in [0.1, 0.15) is 0 Å². The van der Waals surface area contributed by atoms with Gasteiger partial charge in [0, 0.05) is 44.2 Å². The minimum Gasteiger partial charge on any atom is -0.481 e. The molecule has 1 saturated carbocycles. The van der Waals surface area contributed by atoms with Crippen molar-refractivity contribution in [2.75, 3.05) is 32.7 Å². The van der Waals surface area contributed by atoms with Crippen molar-refractivity contribution in [3.63, 3.8) is 0 Å². The fourth-order valence-corrected chi connectivity index (χ4v) is 4.79. The van der Waals surface area contributed by atoms with Gasteiger partial charge in [-0.1, -0.05) is 36.8 Å². The molecule has 1 saturated heterocycles. The lowest BCUT2D eigenvalue weighted by Gasteiger charge is -2.39. The molecule has 0 bridgehead atoms. The lowest BCUT2D eigenvalue weighted by molar-refractivity contribution is -0.138. The van der Waals surface area contributed by atoms with E-state index in [0.717, 1.165) is 57.4 Å². The van der Waals surface area contributed by atoms with Crippen molar-refractivity contribution in [2.45, 2.75) is 57.0 Å². The highest BCUT2D eigenvalue weighted by Crippen LogP contribution is 2.28. The molecule has 4 N–H and O–H groups in total. The number of hydrogen-bond acceptors (Lipinski definition) is 5. The Bertz CT molecular complexity index is 752. The molecular formula is C24H36N4O4.